The number of pyridine rings is 1. The van der Waals surface area contributed by atoms with E-state index >= 15 is 0 Å². The molecule has 1 aromatic heterocycles. The second-order valence-corrected chi connectivity index (χ2v) is 5.38. The van der Waals surface area contributed by atoms with Crippen LogP contribution in [0, 0.1) is 6.92 Å². The molecule has 0 spiro atoms. The van der Waals surface area contributed by atoms with Gasteiger partial charge in [-0.05, 0) is 24.6 Å². The molecule has 0 amide bonds. The van der Waals surface area contributed by atoms with E-state index < -0.39 is 0 Å². The van der Waals surface area contributed by atoms with Crippen LogP contribution in [0.4, 0.5) is 11.4 Å². The van der Waals surface area contributed by atoms with Crippen LogP contribution >= 0.6 is 0 Å². The predicted molar refractivity (Wildman–Crippen MR) is 88.3 cm³/mol. The molecule has 0 aliphatic carbocycles. The number of nitrogens with one attached hydrogen (secondary N) is 1. The topological polar surface area (TPSA) is 36.1 Å². The lowest BCUT2D eigenvalue weighted by molar-refractivity contribution is -0.687. The van der Waals surface area contributed by atoms with Gasteiger partial charge in [0.2, 0.25) is 0 Å². The molecule has 3 aromatic rings. The van der Waals surface area contributed by atoms with E-state index in [2.05, 4.69) is 28.2 Å². The van der Waals surface area contributed by atoms with Gasteiger partial charge in [0, 0.05) is 23.4 Å². The maximum Gasteiger partial charge on any atom is 0.192 e. The number of aromatic hydroxyl groups is 1. The zero-order valence-corrected chi connectivity index (χ0v) is 12.5. The first-order chi connectivity index (χ1) is 10.7. The summed E-state index contributed by atoms with van der Waals surface area (Å²) < 4.78 is 2.13. The Bertz CT molecular complexity index is 769. The predicted octanol–water partition coefficient (Wildman–Crippen LogP) is 3.78. The molecule has 3 rings (SSSR count). The summed E-state index contributed by atoms with van der Waals surface area (Å²) in [5, 5.41) is 13.1. The second kappa shape index (κ2) is 6.31. The van der Waals surface area contributed by atoms with E-state index in [4.69, 9.17) is 0 Å². The molecule has 0 saturated heterocycles. The molecule has 0 fully saturated rings. The summed E-state index contributed by atoms with van der Waals surface area (Å²) in [7, 11) is 0. The van der Waals surface area contributed by atoms with E-state index in [1.807, 2.05) is 55.6 Å². The Morgan fingerprint density at radius 1 is 0.955 bits per heavy atom. The van der Waals surface area contributed by atoms with E-state index in [1.54, 1.807) is 6.07 Å². The smallest absolute Gasteiger partial charge is 0.192 e. The molecule has 0 atom stereocenters. The highest BCUT2D eigenvalue weighted by molar-refractivity contribution is 5.60. The minimum atomic E-state index is 0.304. The van der Waals surface area contributed by atoms with Gasteiger partial charge in [0.1, 0.15) is 11.4 Å². The molecular formula is C19H19N2O+. The normalized spacial score (nSPS) is 10.4. The van der Waals surface area contributed by atoms with Crippen molar-refractivity contribution in [3.63, 3.8) is 0 Å². The highest BCUT2D eigenvalue weighted by Crippen LogP contribution is 2.23. The van der Waals surface area contributed by atoms with Crippen molar-refractivity contribution in [2.45, 2.75) is 13.5 Å². The Hall–Kier alpha value is -2.81. The van der Waals surface area contributed by atoms with Crippen molar-refractivity contribution < 1.29 is 9.67 Å². The monoisotopic (exact) mass is 291 g/mol. The van der Waals surface area contributed by atoms with E-state index in [9.17, 15) is 5.11 Å². The molecule has 2 aromatic carbocycles. The van der Waals surface area contributed by atoms with Gasteiger partial charge < -0.3 is 10.4 Å². The summed E-state index contributed by atoms with van der Waals surface area (Å²) in [6, 6.07) is 20.0. The lowest BCUT2D eigenvalue weighted by atomic mass is 10.2. The van der Waals surface area contributed by atoms with Gasteiger partial charge in [0.25, 0.3) is 0 Å². The summed E-state index contributed by atoms with van der Waals surface area (Å²) in [5.41, 5.74) is 4.00. The van der Waals surface area contributed by atoms with Crippen LogP contribution in [0.3, 0.4) is 0 Å². The standard InChI is InChI=1S/C19H18N2O/c1-15-9-10-17(12-19(15)22)20-18-8-5-11-21(14-18)13-16-6-3-2-4-7-16/h2-12,14,20H,13H2,1H3/p+1. The van der Waals surface area contributed by atoms with E-state index in [-0.39, 0.29) is 0 Å². The Morgan fingerprint density at radius 2 is 1.77 bits per heavy atom. The fraction of sp³-hybridized carbons (Fsp3) is 0.105. The molecule has 3 heteroatoms. The molecule has 0 bridgehead atoms. The Labute approximate surface area is 130 Å². The quantitative estimate of drug-likeness (QED) is 0.718. The van der Waals surface area contributed by atoms with Gasteiger partial charge in [-0.1, -0.05) is 36.4 Å². The van der Waals surface area contributed by atoms with Crippen molar-refractivity contribution in [3.8, 4) is 5.75 Å². The van der Waals surface area contributed by atoms with Crippen molar-refractivity contribution in [1.82, 2.24) is 0 Å². The zero-order chi connectivity index (χ0) is 15.4. The van der Waals surface area contributed by atoms with Gasteiger partial charge in [-0.3, -0.25) is 0 Å². The first-order valence-electron chi connectivity index (χ1n) is 7.30. The molecule has 2 N–H and O–H groups in total. The molecule has 0 radical (unpaired) electrons. The van der Waals surface area contributed by atoms with Gasteiger partial charge >= 0.3 is 0 Å². The Balaban J connectivity index is 1.77. The maximum atomic E-state index is 9.78. The van der Waals surface area contributed by atoms with Crippen LogP contribution in [0.15, 0.2) is 73.1 Å². The number of benzene rings is 2. The third-order valence-corrected chi connectivity index (χ3v) is 3.56. The molecule has 22 heavy (non-hydrogen) atoms. The van der Waals surface area contributed by atoms with E-state index in [1.165, 1.54) is 5.56 Å². The van der Waals surface area contributed by atoms with Gasteiger partial charge in [-0.2, -0.15) is 4.57 Å². The Morgan fingerprint density at radius 3 is 2.55 bits per heavy atom. The Kier molecular flexibility index (Phi) is 4.05. The lowest BCUT2D eigenvalue weighted by Crippen LogP contribution is -2.33. The van der Waals surface area contributed by atoms with Crippen molar-refractivity contribution in [1.29, 1.82) is 0 Å². The van der Waals surface area contributed by atoms with Crippen molar-refractivity contribution >= 4 is 11.4 Å². The number of rotatable bonds is 4. The summed E-state index contributed by atoms with van der Waals surface area (Å²) in [6.07, 6.45) is 4.11. The first kappa shape index (κ1) is 14.1. The first-order valence-corrected chi connectivity index (χ1v) is 7.30. The molecule has 0 unspecified atom stereocenters. The molecule has 0 aliphatic heterocycles. The van der Waals surface area contributed by atoms with E-state index in [0.717, 1.165) is 23.5 Å². The minimum Gasteiger partial charge on any atom is -0.508 e. The van der Waals surface area contributed by atoms with Gasteiger partial charge in [0.05, 0.1) is 0 Å². The fourth-order valence-corrected chi connectivity index (χ4v) is 2.34. The molecule has 3 nitrogen and oxygen atoms in total. The average molecular weight is 291 g/mol. The van der Waals surface area contributed by atoms with E-state index in [0.29, 0.717) is 5.75 Å². The largest absolute Gasteiger partial charge is 0.508 e. The fourth-order valence-electron chi connectivity index (χ4n) is 2.34. The SMILES string of the molecule is Cc1ccc(Nc2ccc[n+](Cc3ccccc3)c2)cc1O. The molecule has 0 aliphatic rings. The summed E-state index contributed by atoms with van der Waals surface area (Å²) in [5.74, 6) is 0.304. The number of aryl methyl sites for hydroxylation is 1. The molecule has 0 saturated carbocycles. The number of hydrogen-bond donors (Lipinski definition) is 2. The zero-order valence-electron chi connectivity index (χ0n) is 12.5. The minimum absolute atomic E-state index is 0.304. The third-order valence-electron chi connectivity index (χ3n) is 3.56. The molecule has 1 heterocycles. The highest BCUT2D eigenvalue weighted by atomic mass is 16.3. The molecular weight excluding hydrogens is 272 g/mol. The van der Waals surface area contributed by atoms with Crippen LogP contribution in [-0.4, -0.2) is 5.11 Å². The number of hydrogen-bond acceptors (Lipinski definition) is 2. The van der Waals surface area contributed by atoms with Gasteiger partial charge in [0.15, 0.2) is 18.9 Å². The third kappa shape index (κ3) is 3.44. The van der Waals surface area contributed by atoms with Crippen molar-refractivity contribution in [2.24, 2.45) is 0 Å². The van der Waals surface area contributed by atoms with Crippen molar-refractivity contribution in [3.05, 3.63) is 84.2 Å². The van der Waals surface area contributed by atoms with Crippen LogP contribution in [0.1, 0.15) is 11.1 Å². The van der Waals surface area contributed by atoms with Crippen molar-refractivity contribution in [2.75, 3.05) is 5.32 Å². The average Bonchev–Trinajstić information content (AvgIpc) is 2.52. The van der Waals surface area contributed by atoms with Crippen LogP contribution in [0.25, 0.3) is 0 Å². The van der Waals surface area contributed by atoms with Crippen LogP contribution in [-0.2, 0) is 6.54 Å². The molecule has 110 valence electrons. The number of nitrogens with zero attached hydrogens (tertiary/aromatic N) is 1. The van der Waals surface area contributed by atoms with Gasteiger partial charge in [-0.25, -0.2) is 0 Å². The summed E-state index contributed by atoms with van der Waals surface area (Å²) in [4.78, 5) is 0. The second-order valence-electron chi connectivity index (χ2n) is 5.38. The maximum absolute atomic E-state index is 9.78. The number of phenolic OH excluding ortho intramolecular Hbond substituents is 1. The van der Waals surface area contributed by atoms with Crippen LogP contribution in [0.2, 0.25) is 0 Å². The van der Waals surface area contributed by atoms with Crippen LogP contribution in [0.5, 0.6) is 5.75 Å². The highest BCUT2D eigenvalue weighted by Gasteiger charge is 2.05. The number of aromatic nitrogens is 1. The number of phenols is 1. The summed E-state index contributed by atoms with van der Waals surface area (Å²) >= 11 is 0. The number of anilines is 2. The lowest BCUT2D eigenvalue weighted by Gasteiger charge is -2.07. The van der Waals surface area contributed by atoms with Gasteiger partial charge in [-0.15, -0.1) is 0 Å². The van der Waals surface area contributed by atoms with Crippen LogP contribution < -0.4 is 9.88 Å². The summed E-state index contributed by atoms with van der Waals surface area (Å²) in [6.45, 7) is 2.71.